The van der Waals surface area contributed by atoms with Gasteiger partial charge in [0, 0.05) is 17.3 Å². The van der Waals surface area contributed by atoms with Crippen molar-refractivity contribution < 1.29 is 14.6 Å². The van der Waals surface area contributed by atoms with Gasteiger partial charge in [-0.2, -0.15) is 5.10 Å². The summed E-state index contributed by atoms with van der Waals surface area (Å²) >= 11 is 0. The Kier molecular flexibility index (Phi) is 4.42. The minimum Gasteiger partial charge on any atom is -0.496 e. The summed E-state index contributed by atoms with van der Waals surface area (Å²) in [5, 5.41) is 13.1. The molecule has 0 saturated heterocycles. The van der Waals surface area contributed by atoms with Gasteiger partial charge in [-0.15, -0.1) is 0 Å². The van der Waals surface area contributed by atoms with E-state index in [1.807, 2.05) is 42.8 Å². The summed E-state index contributed by atoms with van der Waals surface area (Å²) in [7, 11) is 1.62. The Balaban J connectivity index is 2.34. The first kappa shape index (κ1) is 14.8. The van der Waals surface area contributed by atoms with E-state index in [2.05, 4.69) is 5.10 Å². The van der Waals surface area contributed by atoms with Crippen LogP contribution in [-0.2, 0) is 11.3 Å². The Morgan fingerprint density at radius 2 is 2.14 bits per heavy atom. The van der Waals surface area contributed by atoms with Crippen LogP contribution in [0, 0.1) is 13.8 Å². The number of methoxy groups -OCH3 is 1. The van der Waals surface area contributed by atoms with E-state index in [4.69, 9.17) is 9.84 Å². The van der Waals surface area contributed by atoms with Crippen molar-refractivity contribution >= 4 is 12.0 Å². The van der Waals surface area contributed by atoms with Crippen molar-refractivity contribution in [3.63, 3.8) is 0 Å². The number of hydrogen-bond acceptors (Lipinski definition) is 3. The van der Waals surface area contributed by atoms with E-state index >= 15 is 0 Å². The van der Waals surface area contributed by atoms with Gasteiger partial charge in [0.05, 0.1) is 19.3 Å². The van der Waals surface area contributed by atoms with Gasteiger partial charge in [-0.3, -0.25) is 4.68 Å². The lowest BCUT2D eigenvalue weighted by Gasteiger charge is -2.11. The molecule has 0 spiro atoms. The second kappa shape index (κ2) is 6.26. The van der Waals surface area contributed by atoms with Crippen LogP contribution in [0.2, 0.25) is 0 Å². The molecule has 21 heavy (non-hydrogen) atoms. The van der Waals surface area contributed by atoms with E-state index in [0.29, 0.717) is 6.54 Å². The van der Waals surface area contributed by atoms with Crippen molar-refractivity contribution in [2.45, 2.75) is 20.4 Å². The zero-order valence-electron chi connectivity index (χ0n) is 12.3. The quantitative estimate of drug-likeness (QED) is 0.858. The molecule has 0 saturated carbocycles. The van der Waals surface area contributed by atoms with Gasteiger partial charge < -0.3 is 9.84 Å². The fraction of sp³-hybridized carbons (Fsp3) is 0.250. The third-order valence-electron chi connectivity index (χ3n) is 3.15. The maximum Gasteiger partial charge on any atom is 0.328 e. The van der Waals surface area contributed by atoms with Gasteiger partial charge in [-0.1, -0.05) is 6.07 Å². The van der Waals surface area contributed by atoms with Gasteiger partial charge in [0.15, 0.2) is 0 Å². The summed E-state index contributed by atoms with van der Waals surface area (Å²) in [5.74, 6) is -0.207. The lowest BCUT2D eigenvalue weighted by Crippen LogP contribution is -2.05. The number of hydrogen-bond donors (Lipinski definition) is 1. The number of rotatable bonds is 5. The number of ether oxygens (including phenoxy) is 1. The molecule has 0 fully saturated rings. The Morgan fingerprint density at radius 1 is 1.38 bits per heavy atom. The zero-order chi connectivity index (χ0) is 15.4. The number of benzene rings is 1. The molecule has 2 rings (SSSR count). The first-order chi connectivity index (χ1) is 9.99. The molecule has 2 aromatic rings. The molecule has 1 aromatic heterocycles. The molecule has 0 aliphatic heterocycles. The molecule has 0 unspecified atom stereocenters. The third-order valence-corrected chi connectivity index (χ3v) is 3.15. The normalized spacial score (nSPS) is 11.0. The summed E-state index contributed by atoms with van der Waals surface area (Å²) in [6, 6.07) is 7.58. The molecule has 110 valence electrons. The molecule has 1 aromatic carbocycles. The lowest BCUT2D eigenvalue weighted by molar-refractivity contribution is -0.131. The number of carboxylic acid groups (broad SMARTS) is 1. The molecule has 0 radical (unpaired) electrons. The van der Waals surface area contributed by atoms with Crippen LogP contribution in [0.3, 0.4) is 0 Å². The highest BCUT2D eigenvalue weighted by Crippen LogP contribution is 2.22. The summed E-state index contributed by atoms with van der Waals surface area (Å²) in [4.78, 5) is 10.6. The van der Waals surface area contributed by atoms with Crippen LogP contribution < -0.4 is 4.74 Å². The fourth-order valence-electron chi connectivity index (χ4n) is 2.19. The third kappa shape index (κ3) is 3.72. The van der Waals surface area contributed by atoms with E-state index < -0.39 is 5.97 Å². The van der Waals surface area contributed by atoms with Gasteiger partial charge in [0.1, 0.15) is 5.75 Å². The number of aromatic nitrogens is 2. The zero-order valence-corrected chi connectivity index (χ0v) is 12.3. The first-order valence-corrected chi connectivity index (χ1v) is 6.58. The van der Waals surface area contributed by atoms with Crippen LogP contribution >= 0.6 is 0 Å². The molecule has 1 N–H and O–H groups in total. The number of carbonyl (C=O) groups is 1. The van der Waals surface area contributed by atoms with Crippen LogP contribution in [-0.4, -0.2) is 28.0 Å². The van der Waals surface area contributed by atoms with Crippen molar-refractivity contribution in [3.05, 3.63) is 52.9 Å². The van der Waals surface area contributed by atoms with E-state index in [1.165, 1.54) is 0 Å². The highest BCUT2D eigenvalue weighted by Gasteiger charge is 2.08. The van der Waals surface area contributed by atoms with E-state index in [9.17, 15) is 4.79 Å². The average Bonchev–Trinajstić information content (AvgIpc) is 2.75. The monoisotopic (exact) mass is 286 g/mol. The Morgan fingerprint density at radius 3 is 2.71 bits per heavy atom. The van der Waals surface area contributed by atoms with Gasteiger partial charge in [0.2, 0.25) is 0 Å². The van der Waals surface area contributed by atoms with Gasteiger partial charge >= 0.3 is 5.97 Å². The molecular formula is C16H18N2O3. The highest BCUT2D eigenvalue weighted by molar-refractivity contribution is 5.85. The number of carboxylic acids is 1. The second-order valence-corrected chi connectivity index (χ2v) is 4.83. The minimum atomic E-state index is -0.967. The maximum atomic E-state index is 10.6. The van der Waals surface area contributed by atoms with Crippen LogP contribution in [0.1, 0.15) is 22.5 Å². The topological polar surface area (TPSA) is 64.3 Å². The Bertz CT molecular complexity index is 687. The van der Waals surface area contributed by atoms with Crippen LogP contribution in [0.15, 0.2) is 30.3 Å². The van der Waals surface area contributed by atoms with Crippen LogP contribution in [0.4, 0.5) is 0 Å². The summed E-state index contributed by atoms with van der Waals surface area (Å²) in [5.41, 5.74) is 3.81. The Labute approximate surface area is 123 Å². The SMILES string of the molecule is COc1ccc(/C=C/C(=O)O)cc1Cn1nc(C)cc1C. The van der Waals surface area contributed by atoms with Crippen molar-refractivity contribution in [3.8, 4) is 5.75 Å². The fourth-order valence-corrected chi connectivity index (χ4v) is 2.19. The minimum absolute atomic E-state index is 0.581. The van der Waals surface area contributed by atoms with E-state index in [-0.39, 0.29) is 0 Å². The summed E-state index contributed by atoms with van der Waals surface area (Å²) in [6.45, 7) is 4.53. The lowest BCUT2D eigenvalue weighted by atomic mass is 10.1. The molecule has 0 bridgehead atoms. The van der Waals surface area contributed by atoms with Crippen molar-refractivity contribution in [1.82, 2.24) is 9.78 Å². The largest absolute Gasteiger partial charge is 0.496 e. The highest BCUT2D eigenvalue weighted by atomic mass is 16.5. The molecule has 5 heteroatoms. The van der Waals surface area contributed by atoms with Crippen molar-refractivity contribution in [1.29, 1.82) is 0 Å². The summed E-state index contributed by atoms with van der Waals surface area (Å²) in [6.07, 6.45) is 2.68. The predicted octanol–water partition coefficient (Wildman–Crippen LogP) is 2.65. The van der Waals surface area contributed by atoms with E-state index in [0.717, 1.165) is 34.3 Å². The molecule has 0 atom stereocenters. The van der Waals surface area contributed by atoms with E-state index in [1.54, 1.807) is 13.2 Å². The molecule has 0 amide bonds. The second-order valence-electron chi connectivity index (χ2n) is 4.83. The maximum absolute atomic E-state index is 10.6. The smallest absolute Gasteiger partial charge is 0.328 e. The van der Waals surface area contributed by atoms with Gasteiger partial charge in [0.25, 0.3) is 0 Å². The molecule has 5 nitrogen and oxygen atoms in total. The first-order valence-electron chi connectivity index (χ1n) is 6.58. The number of aliphatic carboxylic acids is 1. The number of aryl methyl sites for hydroxylation is 2. The predicted molar refractivity (Wildman–Crippen MR) is 80.5 cm³/mol. The van der Waals surface area contributed by atoms with Crippen LogP contribution in [0.5, 0.6) is 5.75 Å². The van der Waals surface area contributed by atoms with Crippen LogP contribution in [0.25, 0.3) is 6.08 Å². The summed E-state index contributed by atoms with van der Waals surface area (Å²) < 4.78 is 7.26. The number of nitrogens with zero attached hydrogens (tertiary/aromatic N) is 2. The molecule has 1 heterocycles. The van der Waals surface area contributed by atoms with Gasteiger partial charge in [-0.05, 0) is 43.7 Å². The standard InChI is InChI=1S/C16H18N2O3/c1-11-8-12(2)18(17-11)10-14-9-13(5-7-16(19)20)4-6-15(14)21-3/h4-9H,10H2,1-3H3,(H,19,20)/b7-5+. The van der Waals surface area contributed by atoms with Gasteiger partial charge in [-0.25, -0.2) is 4.79 Å². The molecule has 0 aliphatic carbocycles. The Hall–Kier alpha value is -2.56. The average molecular weight is 286 g/mol. The van der Waals surface area contributed by atoms with Crippen molar-refractivity contribution in [2.24, 2.45) is 0 Å². The molecular weight excluding hydrogens is 268 g/mol. The molecule has 0 aliphatic rings. The van der Waals surface area contributed by atoms with Crippen molar-refractivity contribution in [2.75, 3.05) is 7.11 Å².